The van der Waals surface area contributed by atoms with Crippen molar-refractivity contribution in [1.29, 1.82) is 0 Å². The number of aromatic nitrogens is 2. The van der Waals surface area contributed by atoms with Gasteiger partial charge < -0.3 is 5.73 Å². The van der Waals surface area contributed by atoms with Crippen LogP contribution < -0.4 is 10.5 Å². The molecule has 2 rings (SSSR count). The zero-order valence-electron chi connectivity index (χ0n) is 10.9. The molecule has 0 aliphatic carbocycles. The Morgan fingerprint density at radius 1 is 1.15 bits per heavy atom. The maximum Gasteiger partial charge on any atom is 0.267 e. The van der Waals surface area contributed by atoms with E-state index in [1.54, 1.807) is 19.9 Å². The van der Waals surface area contributed by atoms with Gasteiger partial charge in [-0.15, -0.1) is 0 Å². The molecule has 0 unspecified atom stereocenters. The Morgan fingerprint density at radius 2 is 1.75 bits per heavy atom. The maximum absolute atomic E-state index is 13.7. The highest BCUT2D eigenvalue weighted by Gasteiger charge is 2.20. The maximum atomic E-state index is 13.7. The van der Waals surface area contributed by atoms with Crippen molar-refractivity contribution in [2.75, 3.05) is 10.5 Å². The number of nitrogens with zero attached hydrogens (tertiary/aromatic N) is 2. The molecule has 6 nitrogen and oxygen atoms in total. The molecule has 2 aromatic rings. The van der Waals surface area contributed by atoms with Crippen LogP contribution in [-0.2, 0) is 10.0 Å². The molecule has 8 heteroatoms. The molecule has 20 heavy (non-hydrogen) atoms. The van der Waals surface area contributed by atoms with E-state index in [1.807, 2.05) is 0 Å². The van der Waals surface area contributed by atoms with Crippen molar-refractivity contribution < 1.29 is 12.8 Å². The van der Waals surface area contributed by atoms with Gasteiger partial charge in [0.2, 0.25) is 5.95 Å². The average molecular weight is 296 g/mol. The van der Waals surface area contributed by atoms with Crippen LogP contribution in [-0.4, -0.2) is 18.4 Å². The third-order valence-electron chi connectivity index (χ3n) is 2.45. The molecule has 0 fully saturated rings. The fourth-order valence-corrected chi connectivity index (χ4v) is 2.69. The first-order valence-corrected chi connectivity index (χ1v) is 7.16. The van der Waals surface area contributed by atoms with Crippen molar-refractivity contribution in [2.24, 2.45) is 0 Å². The third-order valence-corrected chi connectivity index (χ3v) is 3.81. The lowest BCUT2D eigenvalue weighted by molar-refractivity contribution is 0.570. The lowest BCUT2D eigenvalue weighted by atomic mass is 10.3. The van der Waals surface area contributed by atoms with Gasteiger partial charge in [0.15, 0.2) is 0 Å². The SMILES string of the molecule is Cc1cc(C)nc(NS(=O)(=O)c2ccc(N)cc2F)n1. The quantitative estimate of drug-likeness (QED) is 0.839. The number of nitrogens with two attached hydrogens (primary N) is 1. The summed E-state index contributed by atoms with van der Waals surface area (Å²) < 4.78 is 40.0. The first-order valence-electron chi connectivity index (χ1n) is 5.68. The van der Waals surface area contributed by atoms with Crippen LogP contribution in [0.25, 0.3) is 0 Å². The van der Waals surface area contributed by atoms with Gasteiger partial charge in [-0.05, 0) is 38.1 Å². The predicted molar refractivity (Wildman–Crippen MR) is 73.1 cm³/mol. The van der Waals surface area contributed by atoms with Crippen molar-refractivity contribution in [1.82, 2.24) is 9.97 Å². The van der Waals surface area contributed by atoms with Crippen molar-refractivity contribution in [2.45, 2.75) is 18.7 Å². The Hall–Kier alpha value is -2.22. The normalized spacial score (nSPS) is 11.3. The van der Waals surface area contributed by atoms with E-state index in [0.717, 1.165) is 12.1 Å². The first kappa shape index (κ1) is 14.2. The zero-order chi connectivity index (χ0) is 14.9. The minimum absolute atomic E-state index is 0.0984. The van der Waals surface area contributed by atoms with Crippen LogP contribution in [0.5, 0.6) is 0 Å². The van der Waals surface area contributed by atoms with E-state index in [0.29, 0.717) is 11.4 Å². The van der Waals surface area contributed by atoms with Crippen LogP contribution in [0.1, 0.15) is 11.4 Å². The Bertz CT molecular complexity index is 742. The molecule has 0 atom stereocenters. The van der Waals surface area contributed by atoms with Gasteiger partial charge in [0, 0.05) is 17.1 Å². The summed E-state index contributed by atoms with van der Waals surface area (Å²) in [7, 11) is -4.10. The van der Waals surface area contributed by atoms with Crippen molar-refractivity contribution in [3.8, 4) is 0 Å². The van der Waals surface area contributed by atoms with E-state index in [1.165, 1.54) is 6.07 Å². The van der Waals surface area contributed by atoms with E-state index in [2.05, 4.69) is 14.7 Å². The summed E-state index contributed by atoms with van der Waals surface area (Å²) in [6.45, 7) is 3.41. The van der Waals surface area contributed by atoms with Crippen molar-refractivity contribution in [3.05, 3.63) is 41.5 Å². The Labute approximate surface area is 115 Å². The van der Waals surface area contributed by atoms with E-state index in [-0.39, 0.29) is 11.6 Å². The van der Waals surface area contributed by atoms with E-state index in [4.69, 9.17) is 5.73 Å². The molecule has 0 radical (unpaired) electrons. The van der Waals surface area contributed by atoms with E-state index in [9.17, 15) is 12.8 Å². The molecule has 0 bridgehead atoms. The van der Waals surface area contributed by atoms with E-state index < -0.39 is 20.7 Å². The number of benzene rings is 1. The van der Waals surface area contributed by atoms with Gasteiger partial charge in [-0.25, -0.2) is 27.5 Å². The summed E-state index contributed by atoms with van der Waals surface area (Å²) >= 11 is 0. The molecular weight excluding hydrogens is 283 g/mol. The van der Waals surface area contributed by atoms with Crippen LogP contribution in [0.15, 0.2) is 29.2 Å². The number of sulfonamides is 1. The highest BCUT2D eigenvalue weighted by atomic mass is 32.2. The fraction of sp³-hybridized carbons (Fsp3) is 0.167. The van der Waals surface area contributed by atoms with Crippen LogP contribution in [0, 0.1) is 19.7 Å². The van der Waals surface area contributed by atoms with Crippen LogP contribution in [0.4, 0.5) is 16.0 Å². The predicted octanol–water partition coefficient (Wildman–Crippen LogP) is 1.62. The molecule has 1 aromatic heterocycles. The van der Waals surface area contributed by atoms with Gasteiger partial charge in [-0.3, -0.25) is 0 Å². The van der Waals surface area contributed by atoms with E-state index >= 15 is 0 Å². The topological polar surface area (TPSA) is 98.0 Å². The second kappa shape index (κ2) is 5.04. The molecule has 0 saturated carbocycles. The molecule has 3 N–H and O–H groups in total. The summed E-state index contributed by atoms with van der Waals surface area (Å²) in [4.78, 5) is 7.38. The molecule has 1 aromatic carbocycles. The Balaban J connectivity index is 2.40. The van der Waals surface area contributed by atoms with Gasteiger partial charge in [0.1, 0.15) is 10.7 Å². The number of anilines is 2. The number of halogens is 1. The molecule has 0 amide bonds. The number of nitrogen functional groups attached to an aromatic ring is 1. The average Bonchev–Trinajstić information content (AvgIpc) is 2.25. The lowest BCUT2D eigenvalue weighted by Crippen LogP contribution is -2.17. The second-order valence-electron chi connectivity index (χ2n) is 4.27. The molecule has 1 heterocycles. The lowest BCUT2D eigenvalue weighted by Gasteiger charge is -2.09. The Kier molecular flexibility index (Phi) is 3.58. The highest BCUT2D eigenvalue weighted by molar-refractivity contribution is 7.92. The fourth-order valence-electron chi connectivity index (χ4n) is 1.68. The minimum Gasteiger partial charge on any atom is -0.399 e. The number of aryl methyl sites for hydroxylation is 2. The molecular formula is C12H13FN4O2S. The van der Waals surface area contributed by atoms with Gasteiger partial charge in [0.25, 0.3) is 10.0 Å². The minimum atomic E-state index is -4.10. The molecule has 0 spiro atoms. The van der Waals surface area contributed by atoms with Crippen LogP contribution in [0.3, 0.4) is 0 Å². The number of hydrogen-bond donors (Lipinski definition) is 2. The highest BCUT2D eigenvalue weighted by Crippen LogP contribution is 2.19. The number of hydrogen-bond acceptors (Lipinski definition) is 5. The summed E-state index contributed by atoms with van der Waals surface area (Å²) in [6.07, 6.45) is 0. The van der Waals surface area contributed by atoms with Crippen molar-refractivity contribution >= 4 is 21.7 Å². The van der Waals surface area contributed by atoms with Gasteiger partial charge in [0.05, 0.1) is 0 Å². The van der Waals surface area contributed by atoms with Crippen LogP contribution in [0.2, 0.25) is 0 Å². The standard InChI is InChI=1S/C12H13FN4O2S/c1-7-5-8(2)16-12(15-7)17-20(18,19)11-4-3-9(14)6-10(11)13/h3-6H,14H2,1-2H3,(H,15,16,17). The summed E-state index contributed by atoms with van der Waals surface area (Å²) in [6, 6.07) is 5.04. The largest absolute Gasteiger partial charge is 0.399 e. The Morgan fingerprint density at radius 3 is 2.30 bits per heavy atom. The summed E-state index contributed by atoms with van der Waals surface area (Å²) in [5.74, 6) is -1.03. The summed E-state index contributed by atoms with van der Waals surface area (Å²) in [5.41, 5.74) is 6.74. The molecule has 106 valence electrons. The van der Waals surface area contributed by atoms with Gasteiger partial charge in [-0.1, -0.05) is 0 Å². The summed E-state index contributed by atoms with van der Waals surface area (Å²) in [5, 5.41) is 0. The number of nitrogens with one attached hydrogen (secondary N) is 1. The van der Waals surface area contributed by atoms with Gasteiger partial charge in [-0.2, -0.15) is 0 Å². The van der Waals surface area contributed by atoms with Crippen molar-refractivity contribution in [3.63, 3.8) is 0 Å². The zero-order valence-corrected chi connectivity index (χ0v) is 11.7. The first-order chi connectivity index (χ1) is 9.28. The molecule has 0 saturated heterocycles. The van der Waals surface area contributed by atoms with Gasteiger partial charge >= 0.3 is 0 Å². The molecule has 0 aliphatic rings. The number of rotatable bonds is 3. The monoisotopic (exact) mass is 296 g/mol. The smallest absolute Gasteiger partial charge is 0.267 e. The second-order valence-corrected chi connectivity index (χ2v) is 5.92. The third kappa shape index (κ3) is 3.02. The molecule has 0 aliphatic heterocycles. The van der Waals surface area contributed by atoms with Crippen LogP contribution >= 0.6 is 0 Å².